The van der Waals surface area contributed by atoms with Gasteiger partial charge in [0.1, 0.15) is 11.3 Å². The molecule has 1 aromatic carbocycles. The second-order valence-electron chi connectivity index (χ2n) is 4.27. The molecule has 0 saturated heterocycles. The Morgan fingerprint density at radius 3 is 2.69 bits per heavy atom. The molecule has 0 aliphatic heterocycles. The van der Waals surface area contributed by atoms with Gasteiger partial charge in [-0.2, -0.15) is 0 Å². The molecule has 1 aliphatic rings. The van der Waals surface area contributed by atoms with Crippen LogP contribution < -0.4 is 0 Å². The first-order valence-corrected chi connectivity index (χ1v) is 5.49. The van der Waals surface area contributed by atoms with Crippen LogP contribution in [0.2, 0.25) is 0 Å². The van der Waals surface area contributed by atoms with Crippen molar-refractivity contribution in [3.05, 3.63) is 29.7 Å². The van der Waals surface area contributed by atoms with E-state index < -0.39 is 11.6 Å². The van der Waals surface area contributed by atoms with Gasteiger partial charge in [-0.1, -0.05) is 12.8 Å². The summed E-state index contributed by atoms with van der Waals surface area (Å²) in [6.07, 6.45) is 4.36. The Morgan fingerprint density at radius 1 is 1.19 bits per heavy atom. The summed E-state index contributed by atoms with van der Waals surface area (Å²) in [4.78, 5) is 4.17. The molecule has 1 aliphatic carbocycles. The van der Waals surface area contributed by atoms with Crippen molar-refractivity contribution in [2.24, 2.45) is 0 Å². The fraction of sp³-hybridized carbons (Fsp3) is 0.417. The minimum atomic E-state index is -0.674. The molecule has 1 saturated carbocycles. The van der Waals surface area contributed by atoms with Crippen LogP contribution in [0.1, 0.15) is 37.5 Å². The largest absolute Gasteiger partial charge is 0.437 e. The van der Waals surface area contributed by atoms with Gasteiger partial charge < -0.3 is 4.42 Å². The number of halogens is 2. The first kappa shape index (κ1) is 9.75. The van der Waals surface area contributed by atoms with Crippen molar-refractivity contribution in [3.63, 3.8) is 0 Å². The third-order valence-electron chi connectivity index (χ3n) is 3.13. The molecule has 1 aromatic heterocycles. The van der Waals surface area contributed by atoms with E-state index in [-0.39, 0.29) is 17.0 Å². The van der Waals surface area contributed by atoms with Crippen LogP contribution in [0.4, 0.5) is 8.78 Å². The van der Waals surface area contributed by atoms with Crippen molar-refractivity contribution in [1.29, 1.82) is 0 Å². The van der Waals surface area contributed by atoms with Gasteiger partial charge >= 0.3 is 0 Å². The van der Waals surface area contributed by atoms with Crippen LogP contribution in [0.3, 0.4) is 0 Å². The van der Waals surface area contributed by atoms with E-state index in [1.54, 1.807) is 0 Å². The molecule has 0 unspecified atom stereocenters. The van der Waals surface area contributed by atoms with Crippen LogP contribution in [-0.2, 0) is 0 Å². The monoisotopic (exact) mass is 223 g/mol. The van der Waals surface area contributed by atoms with Crippen molar-refractivity contribution in [2.45, 2.75) is 31.6 Å². The van der Waals surface area contributed by atoms with Gasteiger partial charge in [0.2, 0.25) is 0 Å². The maximum atomic E-state index is 13.4. The lowest BCUT2D eigenvalue weighted by molar-refractivity contribution is 0.460. The van der Waals surface area contributed by atoms with E-state index in [2.05, 4.69) is 4.98 Å². The van der Waals surface area contributed by atoms with Gasteiger partial charge in [-0.15, -0.1) is 0 Å². The number of rotatable bonds is 1. The van der Waals surface area contributed by atoms with Crippen LogP contribution >= 0.6 is 0 Å². The van der Waals surface area contributed by atoms with Crippen molar-refractivity contribution in [1.82, 2.24) is 4.98 Å². The van der Waals surface area contributed by atoms with E-state index in [1.165, 1.54) is 6.07 Å². The van der Waals surface area contributed by atoms with Crippen molar-refractivity contribution >= 4 is 11.1 Å². The Labute approximate surface area is 91.3 Å². The van der Waals surface area contributed by atoms with Crippen LogP contribution in [0.5, 0.6) is 0 Å². The average molecular weight is 223 g/mol. The molecule has 0 N–H and O–H groups in total. The molecule has 16 heavy (non-hydrogen) atoms. The van der Waals surface area contributed by atoms with Crippen LogP contribution in [0.25, 0.3) is 11.1 Å². The lowest BCUT2D eigenvalue weighted by Crippen LogP contribution is -1.90. The van der Waals surface area contributed by atoms with E-state index in [4.69, 9.17) is 4.42 Å². The number of hydrogen-bond donors (Lipinski definition) is 0. The Morgan fingerprint density at radius 2 is 1.94 bits per heavy atom. The molecule has 0 amide bonds. The summed E-state index contributed by atoms with van der Waals surface area (Å²) in [5.74, 6) is -0.463. The predicted octanol–water partition coefficient (Wildman–Crippen LogP) is 3.76. The second-order valence-corrected chi connectivity index (χ2v) is 4.27. The molecular formula is C12H11F2NO. The molecule has 84 valence electrons. The lowest BCUT2D eigenvalue weighted by Gasteiger charge is -2.00. The van der Waals surface area contributed by atoms with Gasteiger partial charge in [-0.3, -0.25) is 0 Å². The number of benzene rings is 1. The SMILES string of the molecule is Fc1cc(F)c2oc(C3CCCC3)nc2c1. The molecule has 1 fully saturated rings. The molecule has 0 atom stereocenters. The second kappa shape index (κ2) is 3.54. The number of nitrogens with zero attached hydrogens (tertiary/aromatic N) is 1. The molecule has 2 nitrogen and oxygen atoms in total. The van der Waals surface area contributed by atoms with Crippen molar-refractivity contribution < 1.29 is 13.2 Å². The maximum Gasteiger partial charge on any atom is 0.198 e. The summed E-state index contributed by atoms with van der Waals surface area (Å²) >= 11 is 0. The molecule has 1 heterocycles. The van der Waals surface area contributed by atoms with E-state index in [1.807, 2.05) is 0 Å². The Hall–Kier alpha value is -1.45. The topological polar surface area (TPSA) is 26.0 Å². The summed E-state index contributed by atoms with van der Waals surface area (Å²) in [5, 5.41) is 0. The normalized spacial score (nSPS) is 17.4. The molecule has 0 spiro atoms. The molecular weight excluding hydrogens is 212 g/mol. The number of hydrogen-bond acceptors (Lipinski definition) is 2. The third kappa shape index (κ3) is 1.49. The van der Waals surface area contributed by atoms with Crippen LogP contribution in [0, 0.1) is 11.6 Å². The highest BCUT2D eigenvalue weighted by molar-refractivity contribution is 5.73. The smallest absolute Gasteiger partial charge is 0.198 e. The van der Waals surface area contributed by atoms with E-state index in [9.17, 15) is 8.78 Å². The highest BCUT2D eigenvalue weighted by Crippen LogP contribution is 2.35. The first-order chi connectivity index (χ1) is 7.74. The fourth-order valence-corrected chi connectivity index (χ4v) is 2.32. The summed E-state index contributed by atoms with van der Waals surface area (Å²) in [7, 11) is 0. The molecule has 2 aromatic rings. The Bertz CT molecular complexity index is 529. The third-order valence-corrected chi connectivity index (χ3v) is 3.13. The van der Waals surface area contributed by atoms with Gasteiger partial charge in [-0.05, 0) is 12.8 Å². The predicted molar refractivity (Wildman–Crippen MR) is 55.1 cm³/mol. The zero-order valence-electron chi connectivity index (χ0n) is 8.67. The zero-order chi connectivity index (χ0) is 11.1. The van der Waals surface area contributed by atoms with Gasteiger partial charge in [0.05, 0.1) is 0 Å². The van der Waals surface area contributed by atoms with Gasteiger partial charge in [0.25, 0.3) is 0 Å². The standard InChI is InChI=1S/C12H11F2NO/c13-8-5-9(14)11-10(6-8)15-12(16-11)7-3-1-2-4-7/h5-7H,1-4H2. The van der Waals surface area contributed by atoms with Crippen LogP contribution in [-0.4, -0.2) is 4.98 Å². The lowest BCUT2D eigenvalue weighted by atomic mass is 10.1. The number of aromatic nitrogens is 1. The Balaban J connectivity index is 2.11. The number of oxazole rings is 1. The van der Waals surface area contributed by atoms with E-state index >= 15 is 0 Å². The van der Waals surface area contributed by atoms with Crippen LogP contribution in [0.15, 0.2) is 16.5 Å². The van der Waals surface area contributed by atoms with E-state index in [0.717, 1.165) is 31.7 Å². The van der Waals surface area contributed by atoms with Gasteiger partial charge in [-0.25, -0.2) is 13.8 Å². The molecule has 0 radical (unpaired) electrons. The Kier molecular flexibility index (Phi) is 2.16. The highest BCUT2D eigenvalue weighted by atomic mass is 19.1. The summed E-state index contributed by atoms with van der Waals surface area (Å²) in [5.41, 5.74) is 0.350. The first-order valence-electron chi connectivity index (χ1n) is 5.49. The van der Waals surface area contributed by atoms with Crippen molar-refractivity contribution in [2.75, 3.05) is 0 Å². The summed E-state index contributed by atoms with van der Waals surface area (Å²) < 4.78 is 31.7. The van der Waals surface area contributed by atoms with Gasteiger partial charge in [0.15, 0.2) is 17.3 Å². The van der Waals surface area contributed by atoms with Crippen molar-refractivity contribution in [3.8, 4) is 0 Å². The molecule has 4 heteroatoms. The minimum absolute atomic E-state index is 0.0725. The van der Waals surface area contributed by atoms with Gasteiger partial charge in [0, 0.05) is 18.1 Å². The van der Waals surface area contributed by atoms with E-state index in [0.29, 0.717) is 5.89 Å². The fourth-order valence-electron chi connectivity index (χ4n) is 2.32. The summed E-state index contributed by atoms with van der Waals surface area (Å²) in [6, 6.07) is 2.03. The minimum Gasteiger partial charge on any atom is -0.437 e. The molecule has 3 rings (SSSR count). The highest BCUT2D eigenvalue weighted by Gasteiger charge is 2.23. The molecule has 0 bridgehead atoms. The average Bonchev–Trinajstić information content (AvgIpc) is 2.82. The maximum absolute atomic E-state index is 13.4. The summed E-state index contributed by atoms with van der Waals surface area (Å²) in [6.45, 7) is 0. The quantitative estimate of drug-likeness (QED) is 0.735. The number of fused-ring (bicyclic) bond motifs is 1. The zero-order valence-corrected chi connectivity index (χ0v) is 8.67.